The largest absolute Gasteiger partial charge is 0.324 e. The van der Waals surface area contributed by atoms with Crippen LogP contribution in [0, 0.1) is 13.8 Å². The lowest BCUT2D eigenvalue weighted by Gasteiger charge is -2.09. The van der Waals surface area contributed by atoms with E-state index in [1.54, 1.807) is 0 Å². The maximum atomic E-state index is 6.03. The minimum absolute atomic E-state index is 0.135. The van der Waals surface area contributed by atoms with Crippen molar-refractivity contribution >= 4 is 0 Å². The van der Waals surface area contributed by atoms with E-state index in [-0.39, 0.29) is 6.04 Å². The van der Waals surface area contributed by atoms with Crippen molar-refractivity contribution in [1.82, 2.24) is 0 Å². The zero-order valence-corrected chi connectivity index (χ0v) is 10.2. The Morgan fingerprint density at radius 3 is 2.20 bits per heavy atom. The third-order valence-corrected chi connectivity index (χ3v) is 2.30. The SMILES string of the molecule is CC(C)=CC(N)Cc1cc(C)cc(C)c1. The molecule has 0 saturated heterocycles. The second-order valence-electron chi connectivity index (χ2n) is 4.61. The van der Waals surface area contributed by atoms with Crippen molar-refractivity contribution in [1.29, 1.82) is 0 Å². The Bertz CT molecular complexity index is 339. The Hall–Kier alpha value is -1.08. The van der Waals surface area contributed by atoms with Crippen LogP contribution in [0.15, 0.2) is 29.8 Å². The van der Waals surface area contributed by atoms with Crippen molar-refractivity contribution in [2.45, 2.75) is 40.2 Å². The summed E-state index contributed by atoms with van der Waals surface area (Å²) in [4.78, 5) is 0. The fourth-order valence-electron chi connectivity index (χ4n) is 1.95. The van der Waals surface area contributed by atoms with Crippen LogP contribution in [0.25, 0.3) is 0 Å². The molecule has 0 saturated carbocycles. The molecule has 2 N–H and O–H groups in total. The first-order chi connectivity index (χ1) is 6.97. The monoisotopic (exact) mass is 203 g/mol. The molecule has 0 amide bonds. The zero-order valence-electron chi connectivity index (χ0n) is 10.2. The molecular formula is C14H21N. The van der Waals surface area contributed by atoms with Gasteiger partial charge in [0.2, 0.25) is 0 Å². The fraction of sp³-hybridized carbons (Fsp3) is 0.429. The number of hydrogen-bond acceptors (Lipinski definition) is 1. The van der Waals surface area contributed by atoms with E-state index < -0.39 is 0 Å². The van der Waals surface area contributed by atoms with E-state index in [1.807, 2.05) is 0 Å². The van der Waals surface area contributed by atoms with Gasteiger partial charge in [0.05, 0.1) is 0 Å². The summed E-state index contributed by atoms with van der Waals surface area (Å²) in [5.41, 5.74) is 11.3. The summed E-state index contributed by atoms with van der Waals surface area (Å²) in [6.07, 6.45) is 3.05. The second-order valence-corrected chi connectivity index (χ2v) is 4.61. The van der Waals surface area contributed by atoms with Gasteiger partial charge in [-0.1, -0.05) is 41.0 Å². The summed E-state index contributed by atoms with van der Waals surface area (Å²) in [6, 6.07) is 6.75. The third kappa shape index (κ3) is 4.30. The Morgan fingerprint density at radius 2 is 1.73 bits per heavy atom. The van der Waals surface area contributed by atoms with Gasteiger partial charge >= 0.3 is 0 Å². The number of nitrogens with two attached hydrogens (primary N) is 1. The van der Waals surface area contributed by atoms with Gasteiger partial charge in [0.15, 0.2) is 0 Å². The third-order valence-electron chi connectivity index (χ3n) is 2.30. The maximum Gasteiger partial charge on any atom is 0.0267 e. The average Bonchev–Trinajstić information content (AvgIpc) is 1.98. The normalized spacial score (nSPS) is 12.3. The van der Waals surface area contributed by atoms with E-state index in [4.69, 9.17) is 5.73 Å². The van der Waals surface area contributed by atoms with Crippen LogP contribution in [0.3, 0.4) is 0 Å². The lowest BCUT2D eigenvalue weighted by molar-refractivity contribution is 0.801. The lowest BCUT2D eigenvalue weighted by atomic mass is 10.0. The number of allylic oxidation sites excluding steroid dienone is 1. The van der Waals surface area contributed by atoms with E-state index in [2.05, 4.69) is 52.0 Å². The van der Waals surface area contributed by atoms with Crippen LogP contribution >= 0.6 is 0 Å². The maximum absolute atomic E-state index is 6.03. The molecule has 0 heterocycles. The summed E-state index contributed by atoms with van der Waals surface area (Å²) in [7, 11) is 0. The van der Waals surface area contributed by atoms with Crippen LogP contribution in [-0.4, -0.2) is 6.04 Å². The highest BCUT2D eigenvalue weighted by Crippen LogP contribution is 2.11. The standard InChI is InChI=1S/C14H21N/c1-10(2)5-14(15)9-13-7-11(3)6-12(4)8-13/h5-8,14H,9,15H2,1-4H3. The van der Waals surface area contributed by atoms with E-state index in [9.17, 15) is 0 Å². The van der Waals surface area contributed by atoms with Gasteiger partial charge in [-0.05, 0) is 39.7 Å². The molecule has 1 heteroatoms. The van der Waals surface area contributed by atoms with Crippen molar-refractivity contribution in [3.05, 3.63) is 46.5 Å². The van der Waals surface area contributed by atoms with Gasteiger partial charge in [-0.2, -0.15) is 0 Å². The molecule has 0 aliphatic rings. The fourth-order valence-corrected chi connectivity index (χ4v) is 1.95. The van der Waals surface area contributed by atoms with E-state index in [0.29, 0.717) is 0 Å². The molecule has 1 aromatic rings. The Kier molecular flexibility index (Phi) is 4.10. The van der Waals surface area contributed by atoms with Gasteiger partial charge in [0.1, 0.15) is 0 Å². The minimum atomic E-state index is 0.135. The summed E-state index contributed by atoms with van der Waals surface area (Å²) in [5, 5.41) is 0. The highest BCUT2D eigenvalue weighted by Gasteiger charge is 2.02. The van der Waals surface area contributed by atoms with Gasteiger partial charge in [-0.15, -0.1) is 0 Å². The summed E-state index contributed by atoms with van der Waals surface area (Å²) in [5.74, 6) is 0. The quantitative estimate of drug-likeness (QED) is 0.750. The van der Waals surface area contributed by atoms with Gasteiger partial charge in [-0.3, -0.25) is 0 Å². The van der Waals surface area contributed by atoms with Crippen molar-refractivity contribution in [2.24, 2.45) is 5.73 Å². The van der Waals surface area contributed by atoms with Crippen molar-refractivity contribution in [3.63, 3.8) is 0 Å². The predicted molar refractivity (Wildman–Crippen MR) is 67.0 cm³/mol. The van der Waals surface area contributed by atoms with Crippen molar-refractivity contribution < 1.29 is 0 Å². The Labute approximate surface area is 93.0 Å². The van der Waals surface area contributed by atoms with Crippen LogP contribution in [0.4, 0.5) is 0 Å². The first-order valence-corrected chi connectivity index (χ1v) is 5.45. The first-order valence-electron chi connectivity index (χ1n) is 5.45. The molecule has 0 aliphatic carbocycles. The molecule has 1 atom stereocenters. The molecule has 0 spiro atoms. The molecule has 15 heavy (non-hydrogen) atoms. The van der Waals surface area contributed by atoms with Crippen LogP contribution < -0.4 is 5.73 Å². The molecule has 0 radical (unpaired) electrons. The molecule has 0 aromatic heterocycles. The second kappa shape index (κ2) is 5.13. The van der Waals surface area contributed by atoms with E-state index >= 15 is 0 Å². The zero-order chi connectivity index (χ0) is 11.4. The molecule has 1 aromatic carbocycles. The van der Waals surface area contributed by atoms with E-state index in [1.165, 1.54) is 22.3 Å². The van der Waals surface area contributed by atoms with Crippen LogP contribution in [0.5, 0.6) is 0 Å². The van der Waals surface area contributed by atoms with Gasteiger partial charge in [0.25, 0.3) is 0 Å². The molecule has 0 bridgehead atoms. The summed E-state index contributed by atoms with van der Waals surface area (Å²) >= 11 is 0. The average molecular weight is 203 g/mol. The predicted octanol–water partition coefficient (Wildman–Crippen LogP) is 3.14. The molecule has 82 valence electrons. The topological polar surface area (TPSA) is 26.0 Å². The molecule has 1 unspecified atom stereocenters. The highest BCUT2D eigenvalue weighted by atomic mass is 14.6. The first kappa shape index (κ1) is 12.0. The summed E-state index contributed by atoms with van der Waals surface area (Å²) < 4.78 is 0. The Morgan fingerprint density at radius 1 is 1.20 bits per heavy atom. The molecule has 0 aliphatic heterocycles. The minimum Gasteiger partial charge on any atom is -0.324 e. The number of aryl methyl sites for hydroxylation is 2. The molecule has 0 fully saturated rings. The van der Waals surface area contributed by atoms with Gasteiger partial charge in [-0.25, -0.2) is 0 Å². The lowest BCUT2D eigenvalue weighted by Crippen LogP contribution is -2.20. The smallest absolute Gasteiger partial charge is 0.0267 e. The number of benzene rings is 1. The van der Waals surface area contributed by atoms with Crippen molar-refractivity contribution in [3.8, 4) is 0 Å². The van der Waals surface area contributed by atoms with Gasteiger partial charge in [0, 0.05) is 6.04 Å². The number of hydrogen-bond donors (Lipinski definition) is 1. The van der Waals surface area contributed by atoms with E-state index in [0.717, 1.165) is 6.42 Å². The molecule has 1 nitrogen and oxygen atoms in total. The number of rotatable bonds is 3. The summed E-state index contributed by atoms with van der Waals surface area (Å²) in [6.45, 7) is 8.43. The highest BCUT2D eigenvalue weighted by molar-refractivity contribution is 5.29. The molecule has 1 rings (SSSR count). The Balaban J connectivity index is 2.76. The van der Waals surface area contributed by atoms with Crippen molar-refractivity contribution in [2.75, 3.05) is 0 Å². The molecular weight excluding hydrogens is 182 g/mol. The van der Waals surface area contributed by atoms with Gasteiger partial charge < -0.3 is 5.73 Å². The van der Waals surface area contributed by atoms with Crippen LogP contribution in [-0.2, 0) is 6.42 Å². The van der Waals surface area contributed by atoms with Crippen LogP contribution in [0.1, 0.15) is 30.5 Å². The van der Waals surface area contributed by atoms with Crippen LogP contribution in [0.2, 0.25) is 0 Å².